The predicted octanol–water partition coefficient (Wildman–Crippen LogP) is 3.21. The Balaban J connectivity index is 2.15. The first kappa shape index (κ1) is 14.1. The van der Waals surface area contributed by atoms with Crippen LogP contribution in [0.2, 0.25) is 0 Å². The molecule has 2 aromatic carbocycles. The molecule has 0 saturated carbocycles. The summed E-state index contributed by atoms with van der Waals surface area (Å²) in [6.45, 7) is 3.51. The van der Waals surface area contributed by atoms with Crippen LogP contribution in [0, 0.1) is 12.7 Å². The zero-order chi connectivity index (χ0) is 14.7. The van der Waals surface area contributed by atoms with Crippen LogP contribution in [0.15, 0.2) is 42.5 Å². The van der Waals surface area contributed by atoms with Gasteiger partial charge in [-0.05, 0) is 43.2 Å². The van der Waals surface area contributed by atoms with Gasteiger partial charge in [-0.2, -0.15) is 0 Å². The van der Waals surface area contributed by atoms with Crippen molar-refractivity contribution in [2.75, 3.05) is 5.73 Å². The van der Waals surface area contributed by atoms with E-state index in [1.807, 2.05) is 0 Å². The lowest BCUT2D eigenvalue weighted by Crippen LogP contribution is -2.27. The molecule has 0 aliphatic heterocycles. The van der Waals surface area contributed by atoms with E-state index in [1.165, 1.54) is 6.07 Å². The number of aryl methyl sites for hydroxylation is 1. The van der Waals surface area contributed by atoms with E-state index in [0.29, 0.717) is 16.8 Å². The van der Waals surface area contributed by atoms with E-state index in [-0.39, 0.29) is 17.8 Å². The molecule has 3 N–H and O–H groups in total. The zero-order valence-corrected chi connectivity index (χ0v) is 11.5. The fourth-order valence-corrected chi connectivity index (χ4v) is 1.94. The Morgan fingerprint density at radius 2 is 1.95 bits per heavy atom. The third-order valence-electron chi connectivity index (χ3n) is 3.25. The van der Waals surface area contributed by atoms with E-state index in [0.717, 1.165) is 5.56 Å². The maximum Gasteiger partial charge on any atom is 0.253 e. The first-order valence-corrected chi connectivity index (χ1v) is 6.40. The number of carbonyl (C=O) groups is 1. The van der Waals surface area contributed by atoms with Crippen LogP contribution in [0.5, 0.6) is 0 Å². The molecule has 0 fully saturated rings. The molecule has 0 bridgehead atoms. The molecule has 0 heterocycles. The predicted molar refractivity (Wildman–Crippen MR) is 77.9 cm³/mol. The number of hydrogen-bond donors (Lipinski definition) is 2. The topological polar surface area (TPSA) is 55.1 Å². The van der Waals surface area contributed by atoms with Gasteiger partial charge in [0.05, 0.1) is 11.6 Å². The van der Waals surface area contributed by atoms with Gasteiger partial charge in [0.2, 0.25) is 0 Å². The Morgan fingerprint density at radius 1 is 1.25 bits per heavy atom. The summed E-state index contributed by atoms with van der Waals surface area (Å²) in [6.07, 6.45) is 0. The quantitative estimate of drug-likeness (QED) is 0.843. The Kier molecular flexibility index (Phi) is 4.03. The fraction of sp³-hybridized carbons (Fsp3) is 0.188. The number of nitrogens with two attached hydrogens (primary N) is 1. The number of para-hydroxylation sites is 1. The summed E-state index contributed by atoms with van der Waals surface area (Å²) in [4.78, 5) is 12.1. The Labute approximate surface area is 117 Å². The second kappa shape index (κ2) is 5.74. The maximum absolute atomic E-state index is 13.5. The zero-order valence-electron chi connectivity index (χ0n) is 11.5. The molecule has 2 aromatic rings. The van der Waals surface area contributed by atoms with Gasteiger partial charge in [-0.25, -0.2) is 4.39 Å². The molecule has 0 aliphatic rings. The highest BCUT2D eigenvalue weighted by Crippen LogP contribution is 2.18. The minimum Gasteiger partial charge on any atom is -0.398 e. The van der Waals surface area contributed by atoms with Crippen molar-refractivity contribution in [2.45, 2.75) is 19.9 Å². The number of carbonyl (C=O) groups excluding carboxylic acids is 1. The van der Waals surface area contributed by atoms with Gasteiger partial charge in [0.1, 0.15) is 5.82 Å². The standard InChI is InChI=1S/C16H17FN2O/c1-10-7-8-12(9-14(10)17)11(2)19-16(20)13-5-3-4-6-15(13)18/h3-9,11H,18H2,1-2H3,(H,19,20). The summed E-state index contributed by atoms with van der Waals surface area (Å²) in [5.41, 5.74) is 7.91. The Hall–Kier alpha value is -2.36. The van der Waals surface area contributed by atoms with Gasteiger partial charge in [0, 0.05) is 5.69 Å². The molecule has 20 heavy (non-hydrogen) atoms. The van der Waals surface area contributed by atoms with Gasteiger partial charge < -0.3 is 11.1 Å². The van der Waals surface area contributed by atoms with Crippen LogP contribution < -0.4 is 11.1 Å². The smallest absolute Gasteiger partial charge is 0.253 e. The van der Waals surface area contributed by atoms with Crippen LogP contribution in [0.25, 0.3) is 0 Å². The molecule has 0 saturated heterocycles. The molecule has 1 unspecified atom stereocenters. The third-order valence-corrected chi connectivity index (χ3v) is 3.25. The van der Waals surface area contributed by atoms with Crippen molar-refractivity contribution < 1.29 is 9.18 Å². The summed E-state index contributed by atoms with van der Waals surface area (Å²) < 4.78 is 13.5. The molecule has 1 amide bonds. The third kappa shape index (κ3) is 2.96. The van der Waals surface area contributed by atoms with Gasteiger partial charge in [-0.15, -0.1) is 0 Å². The Bertz CT molecular complexity index is 640. The number of nitrogen functional groups attached to an aromatic ring is 1. The van der Waals surface area contributed by atoms with Crippen molar-refractivity contribution in [3.05, 3.63) is 65.0 Å². The van der Waals surface area contributed by atoms with Crippen molar-refractivity contribution in [1.29, 1.82) is 0 Å². The van der Waals surface area contributed by atoms with Crippen LogP contribution in [-0.2, 0) is 0 Å². The number of anilines is 1. The number of nitrogens with one attached hydrogen (secondary N) is 1. The second-order valence-corrected chi connectivity index (χ2v) is 4.79. The highest BCUT2D eigenvalue weighted by atomic mass is 19.1. The SMILES string of the molecule is Cc1ccc(C(C)NC(=O)c2ccccc2N)cc1F. The molecule has 0 radical (unpaired) electrons. The van der Waals surface area contributed by atoms with Crippen LogP contribution in [0.1, 0.15) is 34.5 Å². The summed E-state index contributed by atoms with van der Waals surface area (Å²) >= 11 is 0. The highest BCUT2D eigenvalue weighted by Gasteiger charge is 2.14. The van der Waals surface area contributed by atoms with Crippen molar-refractivity contribution in [2.24, 2.45) is 0 Å². The molecule has 1 atom stereocenters. The van der Waals surface area contributed by atoms with Crippen LogP contribution in [0.3, 0.4) is 0 Å². The molecule has 0 spiro atoms. The number of benzene rings is 2. The van der Waals surface area contributed by atoms with Gasteiger partial charge >= 0.3 is 0 Å². The van der Waals surface area contributed by atoms with Crippen LogP contribution in [0.4, 0.5) is 10.1 Å². The van der Waals surface area contributed by atoms with E-state index < -0.39 is 0 Å². The van der Waals surface area contributed by atoms with Gasteiger partial charge in [-0.3, -0.25) is 4.79 Å². The summed E-state index contributed by atoms with van der Waals surface area (Å²) in [5, 5.41) is 2.81. The van der Waals surface area contributed by atoms with Gasteiger partial charge in [-0.1, -0.05) is 24.3 Å². The van der Waals surface area contributed by atoms with Crippen molar-refractivity contribution in [3.63, 3.8) is 0 Å². The first-order valence-electron chi connectivity index (χ1n) is 6.40. The summed E-state index contributed by atoms with van der Waals surface area (Å²) in [6, 6.07) is 11.5. The molecule has 0 aromatic heterocycles. The van der Waals surface area contributed by atoms with Gasteiger partial charge in [0.15, 0.2) is 0 Å². The fourth-order valence-electron chi connectivity index (χ4n) is 1.94. The lowest BCUT2D eigenvalue weighted by atomic mass is 10.1. The largest absolute Gasteiger partial charge is 0.398 e. The van der Waals surface area contributed by atoms with E-state index in [4.69, 9.17) is 5.73 Å². The average molecular weight is 272 g/mol. The molecule has 2 rings (SSSR count). The summed E-state index contributed by atoms with van der Waals surface area (Å²) in [5.74, 6) is -0.542. The van der Waals surface area contributed by atoms with Crippen molar-refractivity contribution in [1.82, 2.24) is 5.32 Å². The monoisotopic (exact) mass is 272 g/mol. The molecular weight excluding hydrogens is 255 g/mol. The van der Waals surface area contributed by atoms with E-state index in [1.54, 1.807) is 50.2 Å². The average Bonchev–Trinajstić information content (AvgIpc) is 2.42. The van der Waals surface area contributed by atoms with E-state index in [9.17, 15) is 9.18 Å². The molecule has 0 aliphatic carbocycles. The highest BCUT2D eigenvalue weighted by molar-refractivity contribution is 5.99. The first-order chi connectivity index (χ1) is 9.49. The van der Waals surface area contributed by atoms with E-state index >= 15 is 0 Å². The number of halogens is 1. The normalized spacial score (nSPS) is 11.9. The molecule has 4 heteroatoms. The number of amides is 1. The Morgan fingerprint density at radius 3 is 2.60 bits per heavy atom. The minimum atomic E-state index is -0.294. The molecule has 3 nitrogen and oxygen atoms in total. The summed E-state index contributed by atoms with van der Waals surface area (Å²) in [7, 11) is 0. The number of rotatable bonds is 3. The van der Waals surface area contributed by atoms with E-state index in [2.05, 4.69) is 5.32 Å². The maximum atomic E-state index is 13.5. The van der Waals surface area contributed by atoms with Crippen LogP contribution in [-0.4, -0.2) is 5.91 Å². The van der Waals surface area contributed by atoms with Crippen molar-refractivity contribution in [3.8, 4) is 0 Å². The molecular formula is C16H17FN2O. The van der Waals surface area contributed by atoms with Crippen molar-refractivity contribution >= 4 is 11.6 Å². The lowest BCUT2D eigenvalue weighted by molar-refractivity contribution is 0.0940. The van der Waals surface area contributed by atoms with Crippen LogP contribution >= 0.6 is 0 Å². The lowest BCUT2D eigenvalue weighted by Gasteiger charge is -2.15. The molecule has 104 valence electrons. The van der Waals surface area contributed by atoms with Gasteiger partial charge in [0.25, 0.3) is 5.91 Å². The second-order valence-electron chi connectivity index (χ2n) is 4.79. The number of hydrogen-bond acceptors (Lipinski definition) is 2. The minimum absolute atomic E-state index is 0.267.